The van der Waals surface area contributed by atoms with E-state index in [9.17, 15) is 9.59 Å². The van der Waals surface area contributed by atoms with E-state index in [1.165, 1.54) is 7.11 Å². The first-order valence-electron chi connectivity index (χ1n) is 7.11. The highest BCUT2D eigenvalue weighted by molar-refractivity contribution is 9.10. The van der Waals surface area contributed by atoms with Gasteiger partial charge >= 0.3 is 5.97 Å². The molecule has 2 unspecified atom stereocenters. The average molecular weight is 353 g/mol. The Labute approximate surface area is 131 Å². The lowest BCUT2D eigenvalue weighted by Gasteiger charge is -2.40. The van der Waals surface area contributed by atoms with Crippen molar-refractivity contribution in [1.82, 2.24) is 0 Å². The number of ketones is 1. The molecule has 1 fully saturated rings. The molecule has 1 aromatic carbocycles. The number of carbonyl (C=O) groups excluding carboxylic acids is 2. The molecule has 0 aromatic heterocycles. The molecule has 3 rings (SSSR count). The van der Waals surface area contributed by atoms with E-state index in [0.29, 0.717) is 38.0 Å². The van der Waals surface area contributed by atoms with E-state index in [2.05, 4.69) is 15.9 Å². The molecule has 21 heavy (non-hydrogen) atoms. The summed E-state index contributed by atoms with van der Waals surface area (Å²) < 4.78 is 11.8. The molecule has 1 heterocycles. The fourth-order valence-corrected chi connectivity index (χ4v) is 3.99. The van der Waals surface area contributed by atoms with Gasteiger partial charge in [0.2, 0.25) is 0 Å². The largest absolute Gasteiger partial charge is 0.493 e. The summed E-state index contributed by atoms with van der Waals surface area (Å²) in [5, 5.41) is 0. The van der Waals surface area contributed by atoms with Crippen molar-refractivity contribution >= 4 is 27.7 Å². The van der Waals surface area contributed by atoms with Gasteiger partial charge in [-0.25, -0.2) is 0 Å². The molecular weight excluding hydrogens is 336 g/mol. The summed E-state index contributed by atoms with van der Waals surface area (Å²) in [6.45, 7) is 0.514. The Hall–Kier alpha value is -1.36. The summed E-state index contributed by atoms with van der Waals surface area (Å²) in [4.78, 5) is 24.5. The van der Waals surface area contributed by atoms with E-state index >= 15 is 0 Å². The van der Waals surface area contributed by atoms with Crippen molar-refractivity contribution in [3.63, 3.8) is 0 Å². The third-order valence-electron chi connectivity index (χ3n) is 4.67. The summed E-state index contributed by atoms with van der Waals surface area (Å²) in [6, 6.07) is 5.72. The monoisotopic (exact) mass is 352 g/mol. The first kappa shape index (κ1) is 14.6. The number of fused-ring (bicyclic) bond motifs is 3. The van der Waals surface area contributed by atoms with E-state index in [1.54, 1.807) is 0 Å². The van der Waals surface area contributed by atoms with E-state index in [4.69, 9.17) is 9.47 Å². The predicted octanol–water partition coefficient (Wildman–Crippen LogP) is 3.01. The van der Waals surface area contributed by atoms with Crippen LogP contribution in [0.15, 0.2) is 22.7 Å². The molecule has 2 atom stereocenters. The lowest BCUT2D eigenvalue weighted by atomic mass is 9.61. The number of esters is 1. The van der Waals surface area contributed by atoms with Gasteiger partial charge in [-0.15, -0.1) is 0 Å². The topological polar surface area (TPSA) is 52.6 Å². The minimum Gasteiger partial charge on any atom is -0.493 e. The van der Waals surface area contributed by atoms with Crippen molar-refractivity contribution in [2.45, 2.75) is 31.1 Å². The van der Waals surface area contributed by atoms with Gasteiger partial charge in [0.05, 0.1) is 13.7 Å². The molecule has 1 saturated carbocycles. The van der Waals surface area contributed by atoms with Gasteiger partial charge in [-0.05, 0) is 30.9 Å². The van der Waals surface area contributed by atoms with Crippen molar-refractivity contribution in [3.8, 4) is 5.75 Å². The second-order valence-electron chi connectivity index (χ2n) is 5.68. The van der Waals surface area contributed by atoms with Gasteiger partial charge in [-0.1, -0.05) is 22.0 Å². The molecule has 1 aromatic rings. The molecule has 0 bridgehead atoms. The quantitative estimate of drug-likeness (QED) is 0.729. The maximum Gasteiger partial charge on any atom is 0.316 e. The maximum absolute atomic E-state index is 12.6. The van der Waals surface area contributed by atoms with Crippen LogP contribution in [-0.4, -0.2) is 25.5 Å². The summed E-state index contributed by atoms with van der Waals surface area (Å²) in [5.74, 6) is 0.634. The third kappa shape index (κ3) is 2.27. The maximum atomic E-state index is 12.6. The Morgan fingerprint density at radius 1 is 1.48 bits per heavy atom. The van der Waals surface area contributed by atoms with Gasteiger partial charge in [0.15, 0.2) is 0 Å². The van der Waals surface area contributed by atoms with Gasteiger partial charge in [0.25, 0.3) is 0 Å². The molecule has 0 saturated heterocycles. The molecule has 1 aliphatic heterocycles. The van der Waals surface area contributed by atoms with Gasteiger partial charge in [0.1, 0.15) is 16.9 Å². The van der Waals surface area contributed by atoms with E-state index in [0.717, 1.165) is 10.0 Å². The highest BCUT2D eigenvalue weighted by Crippen LogP contribution is 2.50. The number of benzene rings is 1. The van der Waals surface area contributed by atoms with Crippen LogP contribution in [0.3, 0.4) is 0 Å². The van der Waals surface area contributed by atoms with Crippen LogP contribution in [0.2, 0.25) is 0 Å². The molecule has 0 radical (unpaired) electrons. The van der Waals surface area contributed by atoms with E-state index in [-0.39, 0.29) is 17.7 Å². The van der Waals surface area contributed by atoms with Crippen molar-refractivity contribution in [3.05, 3.63) is 28.2 Å². The molecule has 5 heteroatoms. The number of hydrogen-bond acceptors (Lipinski definition) is 4. The fraction of sp³-hybridized carbons (Fsp3) is 0.500. The van der Waals surface area contributed by atoms with Crippen LogP contribution in [-0.2, 0) is 19.7 Å². The number of halogens is 1. The standard InChI is InChI=1S/C16H17BrO4/c1-20-15(19)16-6-4-12(18)8-10(16)5-7-21-14-9-11(17)2-3-13(14)16/h2-3,9-10H,4-8H2,1H3. The van der Waals surface area contributed by atoms with E-state index in [1.807, 2.05) is 18.2 Å². The van der Waals surface area contributed by atoms with Gasteiger partial charge < -0.3 is 9.47 Å². The Morgan fingerprint density at radius 3 is 3.05 bits per heavy atom. The molecular formula is C16H17BrO4. The second-order valence-corrected chi connectivity index (χ2v) is 6.60. The van der Waals surface area contributed by atoms with Crippen molar-refractivity contribution < 1.29 is 19.1 Å². The molecule has 2 aliphatic rings. The van der Waals surface area contributed by atoms with Crippen LogP contribution < -0.4 is 4.74 Å². The SMILES string of the molecule is COC(=O)C12CCC(=O)CC1CCOc1cc(Br)ccc12. The van der Waals surface area contributed by atoms with E-state index < -0.39 is 5.41 Å². The second kappa shape index (κ2) is 5.44. The van der Waals surface area contributed by atoms with Crippen molar-refractivity contribution in [2.75, 3.05) is 13.7 Å². The third-order valence-corrected chi connectivity index (χ3v) is 5.16. The molecule has 112 valence electrons. The highest BCUT2D eigenvalue weighted by atomic mass is 79.9. The molecule has 1 aliphatic carbocycles. The summed E-state index contributed by atoms with van der Waals surface area (Å²) >= 11 is 3.43. The van der Waals surface area contributed by atoms with Crippen molar-refractivity contribution in [1.29, 1.82) is 0 Å². The number of carbonyl (C=O) groups is 2. The van der Waals surface area contributed by atoms with Crippen molar-refractivity contribution in [2.24, 2.45) is 5.92 Å². The smallest absolute Gasteiger partial charge is 0.316 e. The summed E-state index contributed by atoms with van der Waals surface area (Å²) in [7, 11) is 1.41. The Kier molecular flexibility index (Phi) is 3.78. The van der Waals surface area contributed by atoms with Gasteiger partial charge in [0, 0.05) is 22.9 Å². The Bertz CT molecular complexity index is 598. The van der Waals surface area contributed by atoms with Crippen LogP contribution in [0.5, 0.6) is 5.75 Å². The van der Waals surface area contributed by atoms with Gasteiger partial charge in [-0.2, -0.15) is 0 Å². The van der Waals surface area contributed by atoms with Crippen LogP contribution in [0.25, 0.3) is 0 Å². The lowest BCUT2D eigenvalue weighted by Crippen LogP contribution is -2.47. The van der Waals surface area contributed by atoms with Crippen LogP contribution in [0, 0.1) is 5.92 Å². The number of Topliss-reactive ketones (excluding diaryl/α,β-unsaturated/α-hetero) is 1. The van der Waals surface area contributed by atoms with Crippen LogP contribution >= 0.6 is 15.9 Å². The zero-order valence-electron chi connectivity index (χ0n) is 11.9. The number of rotatable bonds is 1. The Balaban J connectivity index is 2.19. The van der Waals surface area contributed by atoms with Gasteiger partial charge in [-0.3, -0.25) is 9.59 Å². The summed E-state index contributed by atoms with van der Waals surface area (Å²) in [6.07, 6.45) is 2.03. The predicted molar refractivity (Wildman–Crippen MR) is 80.3 cm³/mol. The minimum atomic E-state index is -0.755. The molecule has 0 spiro atoms. The Morgan fingerprint density at radius 2 is 2.29 bits per heavy atom. The molecule has 0 N–H and O–H groups in total. The zero-order valence-corrected chi connectivity index (χ0v) is 13.4. The minimum absolute atomic E-state index is 0.0476. The van der Waals surface area contributed by atoms with Crippen LogP contribution in [0.4, 0.5) is 0 Å². The number of methoxy groups -OCH3 is 1. The molecule has 4 nitrogen and oxygen atoms in total. The zero-order chi connectivity index (χ0) is 15.0. The summed E-state index contributed by atoms with van der Waals surface area (Å²) in [5.41, 5.74) is 0.0994. The number of hydrogen-bond donors (Lipinski definition) is 0. The normalized spacial score (nSPS) is 27.9. The molecule has 0 amide bonds. The highest BCUT2D eigenvalue weighted by Gasteiger charge is 2.53. The number of ether oxygens (including phenoxy) is 2. The first-order valence-corrected chi connectivity index (χ1v) is 7.90. The average Bonchev–Trinajstić information content (AvgIpc) is 2.63. The van der Waals surface area contributed by atoms with Crippen LogP contribution in [0.1, 0.15) is 31.2 Å². The first-order chi connectivity index (χ1) is 10.1. The fourth-order valence-electron chi connectivity index (χ4n) is 3.65. The lowest BCUT2D eigenvalue weighted by molar-refractivity contribution is -0.152.